The van der Waals surface area contributed by atoms with Crippen LogP contribution in [0, 0.1) is 19.8 Å². The molecule has 0 saturated carbocycles. The normalized spacial score (nSPS) is 13.1. The van der Waals surface area contributed by atoms with Crippen LogP contribution < -0.4 is 10.6 Å². The van der Waals surface area contributed by atoms with Gasteiger partial charge in [0.2, 0.25) is 11.8 Å². The molecule has 0 spiro atoms. The smallest absolute Gasteiger partial charge is 0.408 e. The first kappa shape index (κ1) is 27.9. The summed E-state index contributed by atoms with van der Waals surface area (Å²) in [5, 5.41) is 5.67. The third-order valence-corrected chi connectivity index (χ3v) is 5.84. The Balaban J connectivity index is 2.36. The molecule has 2 atom stereocenters. The SMILES string of the molecule is Cc1cccc(C(C(=O)NCc2ccccc2)N(C)C(=O)C(NC(=O)OC(C)(C)C)C(C)C)c1C. The summed E-state index contributed by atoms with van der Waals surface area (Å²) in [5.41, 5.74) is 2.97. The number of benzene rings is 2. The largest absolute Gasteiger partial charge is 0.444 e. The summed E-state index contributed by atoms with van der Waals surface area (Å²) in [7, 11) is 1.60. The summed E-state index contributed by atoms with van der Waals surface area (Å²) in [5.74, 6) is -0.881. The Bertz CT molecular complexity index is 1030. The number of alkyl carbamates (subject to hydrolysis) is 1. The Morgan fingerprint density at radius 2 is 1.60 bits per heavy atom. The van der Waals surface area contributed by atoms with Crippen molar-refractivity contribution in [3.05, 3.63) is 70.8 Å². The summed E-state index contributed by atoms with van der Waals surface area (Å²) >= 11 is 0. The first-order valence-corrected chi connectivity index (χ1v) is 12.0. The highest BCUT2D eigenvalue weighted by atomic mass is 16.6. The van der Waals surface area contributed by atoms with Crippen molar-refractivity contribution in [3.8, 4) is 0 Å². The van der Waals surface area contributed by atoms with Crippen LogP contribution >= 0.6 is 0 Å². The fourth-order valence-electron chi connectivity index (χ4n) is 3.77. The van der Waals surface area contributed by atoms with Crippen molar-refractivity contribution in [2.75, 3.05) is 7.05 Å². The molecule has 0 aliphatic carbocycles. The van der Waals surface area contributed by atoms with E-state index in [1.54, 1.807) is 27.8 Å². The van der Waals surface area contributed by atoms with E-state index < -0.39 is 23.8 Å². The van der Waals surface area contributed by atoms with Gasteiger partial charge in [-0.25, -0.2) is 4.79 Å². The zero-order chi connectivity index (χ0) is 26.3. The van der Waals surface area contributed by atoms with Crippen LogP contribution in [0.15, 0.2) is 48.5 Å². The second-order valence-electron chi connectivity index (χ2n) is 10.2. The van der Waals surface area contributed by atoms with E-state index in [0.29, 0.717) is 6.54 Å². The zero-order valence-corrected chi connectivity index (χ0v) is 22.1. The molecule has 190 valence electrons. The monoisotopic (exact) mass is 481 g/mol. The molecule has 0 bridgehead atoms. The zero-order valence-electron chi connectivity index (χ0n) is 22.1. The van der Waals surface area contributed by atoms with Crippen LogP contribution in [0.25, 0.3) is 0 Å². The average Bonchev–Trinajstić information content (AvgIpc) is 2.77. The van der Waals surface area contributed by atoms with Gasteiger partial charge in [0, 0.05) is 13.6 Å². The first-order chi connectivity index (χ1) is 16.3. The van der Waals surface area contributed by atoms with Gasteiger partial charge in [-0.05, 0) is 62.8 Å². The Hall–Kier alpha value is -3.35. The second-order valence-corrected chi connectivity index (χ2v) is 10.2. The van der Waals surface area contributed by atoms with Gasteiger partial charge in [-0.15, -0.1) is 0 Å². The number of carbonyl (C=O) groups is 3. The quantitative estimate of drug-likeness (QED) is 0.574. The summed E-state index contributed by atoms with van der Waals surface area (Å²) in [4.78, 5) is 41.0. The lowest BCUT2D eigenvalue weighted by Crippen LogP contribution is -2.53. The number of amides is 3. The maximum absolute atomic E-state index is 13.7. The molecule has 0 radical (unpaired) electrons. The third kappa shape index (κ3) is 7.84. The maximum atomic E-state index is 13.7. The van der Waals surface area contributed by atoms with Crippen LogP contribution in [0.4, 0.5) is 4.79 Å². The molecule has 3 amide bonds. The average molecular weight is 482 g/mol. The number of carbonyl (C=O) groups excluding carboxylic acids is 3. The molecule has 0 saturated heterocycles. The predicted octanol–water partition coefficient (Wildman–Crippen LogP) is 4.67. The summed E-state index contributed by atoms with van der Waals surface area (Å²) in [6.07, 6.45) is -0.672. The molecule has 0 heterocycles. The molecule has 2 N–H and O–H groups in total. The molecule has 0 aliphatic rings. The molecular formula is C28H39N3O4. The van der Waals surface area contributed by atoms with Crippen molar-refractivity contribution in [3.63, 3.8) is 0 Å². The molecule has 7 nitrogen and oxygen atoms in total. The van der Waals surface area contributed by atoms with E-state index in [4.69, 9.17) is 4.74 Å². The number of nitrogens with zero attached hydrogens (tertiary/aromatic N) is 1. The van der Waals surface area contributed by atoms with Gasteiger partial charge in [0.1, 0.15) is 17.7 Å². The van der Waals surface area contributed by atoms with Crippen molar-refractivity contribution in [1.82, 2.24) is 15.5 Å². The van der Waals surface area contributed by atoms with E-state index in [2.05, 4.69) is 10.6 Å². The van der Waals surface area contributed by atoms with Gasteiger partial charge in [0.15, 0.2) is 0 Å². The Labute approximate surface area is 209 Å². The van der Waals surface area contributed by atoms with E-state index >= 15 is 0 Å². The number of aryl methyl sites for hydroxylation is 1. The predicted molar refractivity (Wildman–Crippen MR) is 138 cm³/mol. The van der Waals surface area contributed by atoms with Crippen LogP contribution in [-0.2, 0) is 20.9 Å². The van der Waals surface area contributed by atoms with Gasteiger partial charge in [-0.3, -0.25) is 9.59 Å². The summed E-state index contributed by atoms with van der Waals surface area (Å²) in [6, 6.07) is 13.6. The molecule has 2 aromatic carbocycles. The summed E-state index contributed by atoms with van der Waals surface area (Å²) in [6.45, 7) is 13.2. The second kappa shape index (κ2) is 11.9. The highest BCUT2D eigenvalue weighted by molar-refractivity contribution is 5.92. The van der Waals surface area contributed by atoms with Crippen LogP contribution in [0.3, 0.4) is 0 Å². The molecular weight excluding hydrogens is 442 g/mol. The van der Waals surface area contributed by atoms with E-state index in [-0.39, 0.29) is 17.7 Å². The van der Waals surface area contributed by atoms with Gasteiger partial charge in [-0.2, -0.15) is 0 Å². The van der Waals surface area contributed by atoms with E-state index in [0.717, 1.165) is 22.3 Å². The number of rotatable bonds is 8. The van der Waals surface area contributed by atoms with Crippen molar-refractivity contribution < 1.29 is 19.1 Å². The molecule has 0 aromatic heterocycles. The Morgan fingerprint density at radius 1 is 0.971 bits per heavy atom. The van der Waals surface area contributed by atoms with Crippen molar-refractivity contribution in [1.29, 1.82) is 0 Å². The van der Waals surface area contributed by atoms with Crippen LogP contribution in [-0.4, -0.2) is 41.5 Å². The van der Waals surface area contributed by atoms with Gasteiger partial charge in [0.25, 0.3) is 0 Å². The Morgan fingerprint density at radius 3 is 2.17 bits per heavy atom. The van der Waals surface area contributed by atoms with Crippen LogP contribution in [0.1, 0.15) is 62.9 Å². The number of ether oxygens (including phenoxy) is 1. The standard InChI is InChI=1S/C28H39N3O4/c1-18(2)23(30-27(34)35-28(5,6)7)26(33)31(8)24(22-16-12-13-19(3)20(22)4)25(32)29-17-21-14-10-9-11-15-21/h9-16,18,23-24H,17H2,1-8H3,(H,29,32)(H,30,34). The highest BCUT2D eigenvalue weighted by Crippen LogP contribution is 2.27. The van der Waals surface area contributed by atoms with Gasteiger partial charge in [0.05, 0.1) is 0 Å². The lowest BCUT2D eigenvalue weighted by molar-refractivity contribution is -0.141. The van der Waals surface area contributed by atoms with Gasteiger partial charge < -0.3 is 20.3 Å². The highest BCUT2D eigenvalue weighted by Gasteiger charge is 2.36. The topological polar surface area (TPSA) is 87.7 Å². The van der Waals surface area contributed by atoms with Gasteiger partial charge >= 0.3 is 6.09 Å². The first-order valence-electron chi connectivity index (χ1n) is 12.0. The van der Waals surface area contributed by atoms with Crippen LogP contribution in [0.5, 0.6) is 0 Å². The molecule has 35 heavy (non-hydrogen) atoms. The van der Waals surface area contributed by atoms with Crippen molar-refractivity contribution in [2.45, 2.75) is 72.7 Å². The minimum Gasteiger partial charge on any atom is -0.444 e. The van der Waals surface area contributed by atoms with E-state index in [9.17, 15) is 14.4 Å². The fourth-order valence-corrected chi connectivity index (χ4v) is 3.77. The molecule has 2 rings (SSSR count). The van der Waals surface area contributed by atoms with Crippen molar-refractivity contribution in [2.24, 2.45) is 5.92 Å². The lowest BCUT2D eigenvalue weighted by Gasteiger charge is -2.33. The number of likely N-dealkylation sites (N-methyl/N-ethyl adjacent to an activating group) is 1. The Kier molecular flexibility index (Phi) is 9.46. The fraction of sp³-hybridized carbons (Fsp3) is 0.464. The molecule has 7 heteroatoms. The van der Waals surface area contributed by atoms with Crippen LogP contribution in [0.2, 0.25) is 0 Å². The lowest BCUT2D eigenvalue weighted by atomic mass is 9.94. The minimum atomic E-state index is -0.868. The molecule has 2 aromatic rings. The number of nitrogens with one attached hydrogen (secondary N) is 2. The molecule has 0 fully saturated rings. The van der Waals surface area contributed by atoms with E-state index in [1.807, 2.05) is 76.2 Å². The molecule has 2 unspecified atom stereocenters. The molecule has 0 aliphatic heterocycles. The minimum absolute atomic E-state index is 0.218. The number of hydrogen-bond acceptors (Lipinski definition) is 4. The maximum Gasteiger partial charge on any atom is 0.408 e. The van der Waals surface area contributed by atoms with Gasteiger partial charge in [-0.1, -0.05) is 62.4 Å². The third-order valence-electron chi connectivity index (χ3n) is 5.84. The summed E-state index contributed by atoms with van der Waals surface area (Å²) < 4.78 is 5.36. The van der Waals surface area contributed by atoms with Crippen molar-refractivity contribution >= 4 is 17.9 Å². The van der Waals surface area contributed by atoms with E-state index in [1.165, 1.54) is 4.90 Å². The number of hydrogen-bond donors (Lipinski definition) is 2.